The second-order valence-corrected chi connectivity index (χ2v) is 3.89. The summed E-state index contributed by atoms with van der Waals surface area (Å²) in [5.41, 5.74) is 0.0801. The largest absolute Gasteiger partial charge is 0.385 e. The Kier molecular flexibility index (Phi) is 5.04. The second-order valence-electron chi connectivity index (χ2n) is 3.11. The maximum Gasteiger partial charge on any atom is 0.265 e. The molecule has 1 aromatic heterocycles. The van der Waals surface area contributed by atoms with Crippen LogP contribution < -0.4 is 5.32 Å². The summed E-state index contributed by atoms with van der Waals surface area (Å²) < 4.78 is 23.9. The van der Waals surface area contributed by atoms with E-state index in [9.17, 15) is 13.6 Å². The van der Waals surface area contributed by atoms with E-state index in [0.717, 1.165) is 0 Å². The Morgan fingerprint density at radius 2 is 1.94 bits per heavy atom. The van der Waals surface area contributed by atoms with Crippen molar-refractivity contribution < 1.29 is 18.7 Å². The number of aliphatic hydroxyl groups is 1. The first-order chi connectivity index (χ1) is 7.90. The number of amides is 1. The van der Waals surface area contributed by atoms with Gasteiger partial charge >= 0.3 is 0 Å². The Morgan fingerprint density at radius 3 is 2.41 bits per heavy atom. The number of pyridine rings is 1. The Labute approximate surface area is 106 Å². The van der Waals surface area contributed by atoms with Crippen molar-refractivity contribution in [1.82, 2.24) is 10.3 Å². The number of carbonyl (C=O) groups excluding carboxylic acids is 1. The molecule has 0 bridgehead atoms. The van der Waals surface area contributed by atoms with Crippen LogP contribution in [0.2, 0.25) is 10.3 Å². The predicted octanol–water partition coefficient (Wildman–Crippen LogP) is 1.74. The molecule has 94 valence electrons. The molecular weight excluding hydrogens is 277 g/mol. The van der Waals surface area contributed by atoms with Crippen molar-refractivity contribution in [2.45, 2.75) is 12.5 Å². The van der Waals surface area contributed by atoms with Crippen LogP contribution in [0.1, 0.15) is 10.4 Å². The number of aliphatic hydroxyl groups excluding tert-OH is 1. The summed E-state index contributed by atoms with van der Waals surface area (Å²) in [6.07, 6.45) is -4.83. The number of carbonyl (C=O) groups is 1. The van der Waals surface area contributed by atoms with Gasteiger partial charge in [0.25, 0.3) is 12.3 Å². The lowest BCUT2D eigenvalue weighted by Crippen LogP contribution is -2.35. The average molecular weight is 285 g/mol. The maximum atomic E-state index is 12.0. The minimum atomic E-state index is -2.92. The van der Waals surface area contributed by atoms with Crippen molar-refractivity contribution in [1.29, 1.82) is 0 Å². The van der Waals surface area contributed by atoms with Crippen LogP contribution in [0.25, 0.3) is 0 Å². The van der Waals surface area contributed by atoms with E-state index < -0.39 is 25.0 Å². The molecule has 17 heavy (non-hydrogen) atoms. The number of aromatic nitrogens is 1. The lowest BCUT2D eigenvalue weighted by Gasteiger charge is -2.10. The lowest BCUT2D eigenvalue weighted by atomic mass is 10.2. The molecule has 0 spiro atoms. The molecule has 1 atom stereocenters. The van der Waals surface area contributed by atoms with Gasteiger partial charge < -0.3 is 10.4 Å². The molecule has 2 N–H and O–H groups in total. The number of nitrogens with zero attached hydrogens (tertiary/aromatic N) is 1. The zero-order valence-corrected chi connectivity index (χ0v) is 9.84. The van der Waals surface area contributed by atoms with Crippen molar-refractivity contribution in [2.75, 3.05) is 6.54 Å². The van der Waals surface area contributed by atoms with Gasteiger partial charge in [-0.2, -0.15) is 0 Å². The van der Waals surface area contributed by atoms with Gasteiger partial charge in [-0.15, -0.1) is 0 Å². The zero-order chi connectivity index (χ0) is 13.0. The number of alkyl halides is 2. The third-order valence-corrected chi connectivity index (χ3v) is 2.17. The minimum Gasteiger partial charge on any atom is -0.385 e. The molecular formula is C9H8Cl2F2N2O2. The molecule has 0 fully saturated rings. The standard InChI is InChI=1S/C9H8Cl2F2N2O2/c10-6-1-4(2-7(11)15-6)9(17)14-3-5(16)8(12)13/h1-2,5,8,16H,3H2,(H,14,17). The van der Waals surface area contributed by atoms with E-state index in [1.165, 1.54) is 12.1 Å². The molecule has 1 rings (SSSR count). The third-order valence-electron chi connectivity index (χ3n) is 1.79. The summed E-state index contributed by atoms with van der Waals surface area (Å²) in [7, 11) is 0. The highest BCUT2D eigenvalue weighted by molar-refractivity contribution is 6.33. The number of halogens is 4. The monoisotopic (exact) mass is 284 g/mol. The SMILES string of the molecule is O=C(NCC(O)C(F)F)c1cc(Cl)nc(Cl)c1. The highest BCUT2D eigenvalue weighted by Gasteiger charge is 2.18. The molecule has 1 amide bonds. The predicted molar refractivity (Wildman–Crippen MR) is 58.6 cm³/mol. The van der Waals surface area contributed by atoms with Gasteiger partial charge in [0.15, 0.2) is 0 Å². The molecule has 1 heterocycles. The van der Waals surface area contributed by atoms with Crippen molar-refractivity contribution in [3.8, 4) is 0 Å². The topological polar surface area (TPSA) is 62.2 Å². The van der Waals surface area contributed by atoms with Crippen LogP contribution in [0.15, 0.2) is 12.1 Å². The van der Waals surface area contributed by atoms with Gasteiger partial charge in [0.2, 0.25) is 0 Å². The van der Waals surface area contributed by atoms with Gasteiger partial charge in [0, 0.05) is 12.1 Å². The summed E-state index contributed by atoms with van der Waals surface area (Å²) in [5, 5.41) is 10.9. The van der Waals surface area contributed by atoms with Gasteiger partial charge in [-0.3, -0.25) is 4.79 Å². The lowest BCUT2D eigenvalue weighted by molar-refractivity contribution is -0.00270. The number of nitrogens with one attached hydrogen (secondary N) is 1. The second kappa shape index (κ2) is 6.09. The number of hydrogen-bond acceptors (Lipinski definition) is 3. The number of rotatable bonds is 4. The molecule has 0 radical (unpaired) electrons. The molecule has 0 aromatic carbocycles. The Balaban J connectivity index is 2.64. The maximum absolute atomic E-state index is 12.0. The fraction of sp³-hybridized carbons (Fsp3) is 0.333. The van der Waals surface area contributed by atoms with Crippen LogP contribution in [0.4, 0.5) is 8.78 Å². The van der Waals surface area contributed by atoms with Crippen LogP contribution >= 0.6 is 23.2 Å². The van der Waals surface area contributed by atoms with E-state index in [0.29, 0.717) is 0 Å². The van der Waals surface area contributed by atoms with Crippen molar-refractivity contribution in [3.05, 3.63) is 28.0 Å². The van der Waals surface area contributed by atoms with Crippen LogP contribution in [0, 0.1) is 0 Å². The normalized spacial score (nSPS) is 12.6. The van der Waals surface area contributed by atoms with Crippen molar-refractivity contribution in [2.24, 2.45) is 0 Å². The minimum absolute atomic E-state index is 0.0112. The van der Waals surface area contributed by atoms with Gasteiger partial charge in [-0.05, 0) is 12.1 Å². The quantitative estimate of drug-likeness (QED) is 0.828. The molecule has 1 unspecified atom stereocenters. The van der Waals surface area contributed by atoms with E-state index in [-0.39, 0.29) is 15.9 Å². The summed E-state index contributed by atoms with van der Waals surface area (Å²) in [5.74, 6) is -0.670. The third kappa shape index (κ3) is 4.41. The average Bonchev–Trinajstić information content (AvgIpc) is 2.23. The fourth-order valence-electron chi connectivity index (χ4n) is 0.984. The van der Waals surface area contributed by atoms with E-state index >= 15 is 0 Å². The molecule has 0 aliphatic rings. The van der Waals surface area contributed by atoms with Crippen molar-refractivity contribution >= 4 is 29.1 Å². The first kappa shape index (κ1) is 14.1. The summed E-state index contributed by atoms with van der Waals surface area (Å²) in [4.78, 5) is 15.1. The van der Waals surface area contributed by atoms with E-state index in [1.54, 1.807) is 0 Å². The van der Waals surface area contributed by atoms with E-state index in [2.05, 4.69) is 10.3 Å². The number of hydrogen-bond donors (Lipinski definition) is 2. The molecule has 1 aromatic rings. The summed E-state index contributed by atoms with van der Waals surface area (Å²) in [6.45, 7) is -0.561. The summed E-state index contributed by atoms with van der Waals surface area (Å²) in [6, 6.07) is 2.47. The van der Waals surface area contributed by atoms with Crippen LogP contribution in [-0.4, -0.2) is 35.1 Å². The molecule has 8 heteroatoms. The van der Waals surface area contributed by atoms with Gasteiger partial charge in [0.05, 0.1) is 0 Å². The fourth-order valence-corrected chi connectivity index (χ4v) is 1.44. The first-order valence-electron chi connectivity index (χ1n) is 4.47. The highest BCUT2D eigenvalue weighted by Crippen LogP contribution is 2.14. The molecule has 0 aliphatic carbocycles. The smallest absolute Gasteiger partial charge is 0.265 e. The molecule has 0 aliphatic heterocycles. The van der Waals surface area contributed by atoms with Crippen LogP contribution in [0.3, 0.4) is 0 Å². The van der Waals surface area contributed by atoms with Crippen LogP contribution in [-0.2, 0) is 0 Å². The Hall–Kier alpha value is -0.980. The molecule has 4 nitrogen and oxygen atoms in total. The van der Waals surface area contributed by atoms with Gasteiger partial charge in [-0.25, -0.2) is 13.8 Å². The first-order valence-corrected chi connectivity index (χ1v) is 5.23. The van der Waals surface area contributed by atoms with Gasteiger partial charge in [0.1, 0.15) is 16.4 Å². The van der Waals surface area contributed by atoms with Crippen LogP contribution in [0.5, 0.6) is 0 Å². The molecule has 0 saturated heterocycles. The zero-order valence-electron chi connectivity index (χ0n) is 8.33. The highest BCUT2D eigenvalue weighted by atomic mass is 35.5. The Morgan fingerprint density at radius 1 is 1.41 bits per heavy atom. The molecule has 0 saturated carbocycles. The van der Waals surface area contributed by atoms with Gasteiger partial charge in [-0.1, -0.05) is 23.2 Å². The summed E-state index contributed by atoms with van der Waals surface area (Å²) >= 11 is 11.1. The van der Waals surface area contributed by atoms with E-state index in [4.69, 9.17) is 28.3 Å². The van der Waals surface area contributed by atoms with Crippen molar-refractivity contribution in [3.63, 3.8) is 0 Å². The van der Waals surface area contributed by atoms with E-state index in [1.807, 2.05) is 0 Å². The Bertz CT molecular complexity index is 398.